The summed E-state index contributed by atoms with van der Waals surface area (Å²) < 4.78 is 0. The molecule has 4 unspecified atom stereocenters. The minimum absolute atomic E-state index is 0.0368. The summed E-state index contributed by atoms with van der Waals surface area (Å²) in [4.78, 5) is 25.0. The smallest absolute Gasteiger partial charge is 0.327 e. The standard InChI is InChI=1S/C13H24N2O3S/c1-5-8(3)9(4)14-13(18)15-10(12(16)17)7-19-11(15)6-2/h8-11H,5-7H2,1-4H3,(H,14,18)(H,16,17). The molecule has 5 nitrogen and oxygen atoms in total. The van der Waals surface area contributed by atoms with Gasteiger partial charge in [-0.1, -0.05) is 27.2 Å². The van der Waals surface area contributed by atoms with E-state index in [1.807, 2.05) is 13.8 Å². The van der Waals surface area contributed by atoms with Crippen LogP contribution in [0.2, 0.25) is 0 Å². The largest absolute Gasteiger partial charge is 0.480 e. The van der Waals surface area contributed by atoms with Crippen LogP contribution in [0.5, 0.6) is 0 Å². The lowest BCUT2D eigenvalue weighted by Crippen LogP contribution is -2.52. The molecule has 0 spiro atoms. The van der Waals surface area contributed by atoms with Crippen LogP contribution < -0.4 is 5.32 Å². The van der Waals surface area contributed by atoms with Crippen LogP contribution in [0.4, 0.5) is 4.79 Å². The number of nitrogens with zero attached hydrogens (tertiary/aromatic N) is 1. The topological polar surface area (TPSA) is 69.6 Å². The van der Waals surface area contributed by atoms with Crippen LogP contribution in [-0.2, 0) is 4.79 Å². The molecule has 0 aromatic rings. The fraction of sp³-hybridized carbons (Fsp3) is 0.846. The van der Waals surface area contributed by atoms with Gasteiger partial charge in [0.1, 0.15) is 6.04 Å². The van der Waals surface area contributed by atoms with E-state index in [1.165, 1.54) is 4.90 Å². The molecule has 0 aromatic heterocycles. The summed E-state index contributed by atoms with van der Waals surface area (Å²) in [5.74, 6) is -0.0729. The van der Waals surface area contributed by atoms with E-state index in [9.17, 15) is 14.7 Å². The third-order valence-electron chi connectivity index (χ3n) is 3.81. The van der Waals surface area contributed by atoms with E-state index < -0.39 is 12.0 Å². The number of carboxylic acids is 1. The van der Waals surface area contributed by atoms with Gasteiger partial charge in [0.05, 0.1) is 5.37 Å². The second-order valence-electron chi connectivity index (χ2n) is 5.08. The van der Waals surface area contributed by atoms with E-state index in [2.05, 4.69) is 19.2 Å². The van der Waals surface area contributed by atoms with Crippen LogP contribution in [0, 0.1) is 5.92 Å². The lowest BCUT2D eigenvalue weighted by molar-refractivity contribution is -0.141. The Morgan fingerprint density at radius 1 is 1.42 bits per heavy atom. The zero-order valence-corrected chi connectivity index (χ0v) is 12.9. The quantitative estimate of drug-likeness (QED) is 0.815. The Morgan fingerprint density at radius 2 is 2.05 bits per heavy atom. The molecule has 4 atom stereocenters. The highest BCUT2D eigenvalue weighted by Gasteiger charge is 2.41. The molecule has 1 aliphatic rings. The molecular formula is C13H24N2O3S. The molecule has 6 heteroatoms. The molecule has 0 aliphatic carbocycles. The summed E-state index contributed by atoms with van der Waals surface area (Å²) in [5.41, 5.74) is 0. The molecule has 1 saturated heterocycles. The van der Waals surface area contributed by atoms with Gasteiger partial charge in [-0.2, -0.15) is 0 Å². The Bertz CT molecular complexity index is 338. The minimum Gasteiger partial charge on any atom is -0.480 e. The summed E-state index contributed by atoms with van der Waals surface area (Å²) in [5, 5.41) is 12.1. The first kappa shape index (κ1) is 16.1. The van der Waals surface area contributed by atoms with Gasteiger partial charge in [0.2, 0.25) is 0 Å². The fourth-order valence-electron chi connectivity index (χ4n) is 2.11. The Morgan fingerprint density at radius 3 is 2.53 bits per heavy atom. The molecule has 2 amide bonds. The molecule has 19 heavy (non-hydrogen) atoms. The van der Waals surface area contributed by atoms with Gasteiger partial charge in [-0.15, -0.1) is 11.8 Å². The molecule has 1 aliphatic heterocycles. The third-order valence-corrected chi connectivity index (χ3v) is 5.26. The first-order valence-electron chi connectivity index (χ1n) is 6.85. The van der Waals surface area contributed by atoms with Crippen LogP contribution in [0.1, 0.15) is 40.5 Å². The van der Waals surface area contributed by atoms with Crippen molar-refractivity contribution in [3.05, 3.63) is 0 Å². The second-order valence-corrected chi connectivity index (χ2v) is 6.29. The van der Waals surface area contributed by atoms with Crippen molar-refractivity contribution in [1.29, 1.82) is 0 Å². The van der Waals surface area contributed by atoms with E-state index >= 15 is 0 Å². The number of urea groups is 1. The zero-order chi connectivity index (χ0) is 14.6. The lowest BCUT2D eigenvalue weighted by atomic mass is 10.0. The van der Waals surface area contributed by atoms with Crippen molar-refractivity contribution in [2.75, 3.05) is 5.75 Å². The molecule has 110 valence electrons. The van der Waals surface area contributed by atoms with Crippen molar-refractivity contribution in [1.82, 2.24) is 10.2 Å². The number of hydrogen-bond acceptors (Lipinski definition) is 3. The van der Waals surface area contributed by atoms with Crippen molar-refractivity contribution in [2.24, 2.45) is 5.92 Å². The monoisotopic (exact) mass is 288 g/mol. The molecule has 2 N–H and O–H groups in total. The molecule has 1 fully saturated rings. The SMILES string of the molecule is CCC(C)C(C)NC(=O)N1C(CC)SCC1C(=O)O. The highest BCUT2D eigenvalue weighted by molar-refractivity contribution is 8.00. The first-order chi connectivity index (χ1) is 8.92. The summed E-state index contributed by atoms with van der Waals surface area (Å²) in [6.07, 6.45) is 1.75. The molecular weight excluding hydrogens is 264 g/mol. The number of nitrogens with one attached hydrogen (secondary N) is 1. The first-order valence-corrected chi connectivity index (χ1v) is 7.90. The molecule has 0 saturated carbocycles. The van der Waals surface area contributed by atoms with E-state index in [0.29, 0.717) is 11.7 Å². The number of carboxylic acid groups (broad SMARTS) is 1. The Hall–Kier alpha value is -0.910. The molecule has 1 rings (SSSR count). The summed E-state index contributed by atoms with van der Waals surface area (Å²) in [6, 6.07) is -0.911. The molecule has 0 aromatic carbocycles. The maximum atomic E-state index is 12.3. The van der Waals surface area contributed by atoms with Crippen LogP contribution in [0.15, 0.2) is 0 Å². The highest BCUT2D eigenvalue weighted by Crippen LogP contribution is 2.31. The summed E-state index contributed by atoms with van der Waals surface area (Å²) in [6.45, 7) is 8.09. The summed E-state index contributed by atoms with van der Waals surface area (Å²) >= 11 is 1.54. The van der Waals surface area contributed by atoms with Gasteiger partial charge in [0.25, 0.3) is 0 Å². The predicted molar refractivity (Wildman–Crippen MR) is 77.2 cm³/mol. The normalized spacial score (nSPS) is 26.0. The van der Waals surface area contributed by atoms with Gasteiger partial charge in [-0.05, 0) is 19.3 Å². The molecule has 1 heterocycles. The third kappa shape index (κ3) is 3.78. The number of hydrogen-bond donors (Lipinski definition) is 2. The van der Waals surface area contributed by atoms with Gasteiger partial charge in [0.15, 0.2) is 0 Å². The van der Waals surface area contributed by atoms with Crippen LogP contribution in [0.25, 0.3) is 0 Å². The van der Waals surface area contributed by atoms with Crippen molar-refractivity contribution >= 4 is 23.8 Å². The average molecular weight is 288 g/mol. The Kier molecular flexibility index (Phi) is 5.97. The second kappa shape index (κ2) is 7.03. The van der Waals surface area contributed by atoms with E-state index in [0.717, 1.165) is 12.8 Å². The number of amides is 2. The average Bonchev–Trinajstić information content (AvgIpc) is 2.81. The number of carbonyl (C=O) groups is 2. The van der Waals surface area contributed by atoms with Gasteiger partial charge >= 0.3 is 12.0 Å². The van der Waals surface area contributed by atoms with Gasteiger partial charge in [-0.25, -0.2) is 9.59 Å². The lowest BCUT2D eigenvalue weighted by Gasteiger charge is -2.30. The van der Waals surface area contributed by atoms with Crippen molar-refractivity contribution < 1.29 is 14.7 Å². The number of carbonyl (C=O) groups excluding carboxylic acids is 1. The van der Waals surface area contributed by atoms with Crippen molar-refractivity contribution in [3.8, 4) is 0 Å². The van der Waals surface area contributed by atoms with E-state index in [4.69, 9.17) is 0 Å². The predicted octanol–water partition coefficient (Wildman–Crippen LogP) is 2.37. The van der Waals surface area contributed by atoms with Gasteiger partial charge in [0, 0.05) is 11.8 Å². The van der Waals surface area contributed by atoms with Crippen molar-refractivity contribution in [3.63, 3.8) is 0 Å². The van der Waals surface area contributed by atoms with E-state index in [-0.39, 0.29) is 17.4 Å². The zero-order valence-electron chi connectivity index (χ0n) is 12.0. The van der Waals surface area contributed by atoms with E-state index in [1.54, 1.807) is 11.8 Å². The van der Waals surface area contributed by atoms with Crippen LogP contribution >= 0.6 is 11.8 Å². The maximum absolute atomic E-state index is 12.3. The number of thioether (sulfide) groups is 1. The molecule has 0 bridgehead atoms. The van der Waals surface area contributed by atoms with Gasteiger partial charge < -0.3 is 10.4 Å². The molecule has 0 radical (unpaired) electrons. The maximum Gasteiger partial charge on any atom is 0.327 e. The number of rotatable bonds is 5. The minimum atomic E-state index is -0.921. The number of aliphatic carboxylic acids is 1. The van der Waals surface area contributed by atoms with Crippen molar-refractivity contribution in [2.45, 2.75) is 58.0 Å². The highest BCUT2D eigenvalue weighted by atomic mass is 32.2. The Labute approximate surface area is 119 Å². The summed E-state index contributed by atoms with van der Waals surface area (Å²) in [7, 11) is 0. The fourth-order valence-corrected chi connectivity index (χ4v) is 3.45. The van der Waals surface area contributed by atoms with Gasteiger partial charge in [-0.3, -0.25) is 4.90 Å². The van der Waals surface area contributed by atoms with Crippen LogP contribution in [0.3, 0.4) is 0 Å². The Balaban J connectivity index is 2.73. The van der Waals surface area contributed by atoms with Crippen LogP contribution in [-0.4, -0.2) is 45.2 Å².